The Morgan fingerprint density at radius 3 is 2.52 bits per heavy atom. The highest BCUT2D eigenvalue weighted by molar-refractivity contribution is 6.33. The van der Waals surface area contributed by atoms with Crippen LogP contribution >= 0.6 is 23.2 Å². The molecule has 0 spiro atoms. The summed E-state index contributed by atoms with van der Waals surface area (Å²) in [5, 5.41) is 3.74. The number of anilines is 1. The van der Waals surface area contributed by atoms with Crippen LogP contribution in [0, 0.1) is 6.92 Å². The summed E-state index contributed by atoms with van der Waals surface area (Å²) >= 11 is 12.4. The van der Waals surface area contributed by atoms with E-state index in [0.717, 1.165) is 5.56 Å². The van der Waals surface area contributed by atoms with Crippen molar-refractivity contribution in [1.82, 2.24) is 0 Å². The number of nitrogens with one attached hydrogen (secondary N) is 1. The minimum atomic E-state index is -0.443. The standard InChI is InChI=1S/C24H17Cl2NO4/c1-14-6-9-16(10-7-14)27-21(28)13-30-24-22(29)18-12-15(25)8-11-20(18)31-23(24)17-4-2-3-5-19(17)26/h2-12H,13H2,1H3,(H,27,28). The summed E-state index contributed by atoms with van der Waals surface area (Å²) in [5.74, 6) is -0.380. The van der Waals surface area contributed by atoms with Gasteiger partial charge in [-0.15, -0.1) is 0 Å². The first-order chi connectivity index (χ1) is 14.9. The number of hydrogen-bond donors (Lipinski definition) is 1. The van der Waals surface area contributed by atoms with E-state index in [1.807, 2.05) is 19.1 Å². The summed E-state index contributed by atoms with van der Waals surface area (Å²) < 4.78 is 11.6. The van der Waals surface area contributed by atoms with E-state index in [1.54, 1.807) is 48.5 Å². The van der Waals surface area contributed by atoms with Crippen LogP contribution in [-0.2, 0) is 4.79 Å². The first-order valence-electron chi connectivity index (χ1n) is 9.43. The summed E-state index contributed by atoms with van der Waals surface area (Å²) in [5.41, 5.74) is 2.07. The molecule has 0 unspecified atom stereocenters. The van der Waals surface area contributed by atoms with Crippen molar-refractivity contribution >= 4 is 45.8 Å². The maximum atomic E-state index is 13.2. The van der Waals surface area contributed by atoms with Gasteiger partial charge >= 0.3 is 0 Å². The van der Waals surface area contributed by atoms with Gasteiger partial charge in [-0.05, 0) is 49.4 Å². The molecule has 4 rings (SSSR count). The molecule has 0 saturated carbocycles. The van der Waals surface area contributed by atoms with E-state index in [2.05, 4.69) is 5.32 Å². The van der Waals surface area contributed by atoms with Crippen LogP contribution < -0.4 is 15.5 Å². The highest BCUT2D eigenvalue weighted by atomic mass is 35.5. The van der Waals surface area contributed by atoms with Crippen molar-refractivity contribution in [2.45, 2.75) is 6.92 Å². The average Bonchev–Trinajstić information content (AvgIpc) is 2.75. The van der Waals surface area contributed by atoms with Gasteiger partial charge in [0.15, 0.2) is 12.4 Å². The van der Waals surface area contributed by atoms with E-state index in [1.165, 1.54) is 6.07 Å². The van der Waals surface area contributed by atoms with E-state index in [-0.39, 0.29) is 23.5 Å². The van der Waals surface area contributed by atoms with Gasteiger partial charge in [-0.2, -0.15) is 0 Å². The molecule has 0 radical (unpaired) electrons. The third-order valence-corrected chi connectivity index (χ3v) is 5.18. The fraction of sp³-hybridized carbons (Fsp3) is 0.0833. The first-order valence-corrected chi connectivity index (χ1v) is 10.2. The zero-order valence-electron chi connectivity index (χ0n) is 16.4. The first kappa shape index (κ1) is 21.0. The van der Waals surface area contributed by atoms with Crippen LogP contribution in [-0.4, -0.2) is 12.5 Å². The van der Waals surface area contributed by atoms with Crippen molar-refractivity contribution in [3.63, 3.8) is 0 Å². The van der Waals surface area contributed by atoms with Crippen LogP contribution in [0.15, 0.2) is 75.9 Å². The second kappa shape index (κ2) is 8.84. The largest absolute Gasteiger partial charge is 0.476 e. The number of rotatable bonds is 5. The maximum absolute atomic E-state index is 13.2. The molecule has 0 aliphatic rings. The van der Waals surface area contributed by atoms with Crippen molar-refractivity contribution in [2.75, 3.05) is 11.9 Å². The summed E-state index contributed by atoms with van der Waals surface area (Å²) in [4.78, 5) is 25.6. The molecule has 1 aromatic heterocycles. The molecular weight excluding hydrogens is 437 g/mol. The molecule has 31 heavy (non-hydrogen) atoms. The van der Waals surface area contributed by atoms with Gasteiger partial charge in [0.2, 0.25) is 11.2 Å². The van der Waals surface area contributed by atoms with E-state index < -0.39 is 11.3 Å². The molecule has 0 aliphatic heterocycles. The molecule has 1 amide bonds. The molecule has 0 bridgehead atoms. The lowest BCUT2D eigenvalue weighted by molar-refractivity contribution is -0.118. The van der Waals surface area contributed by atoms with E-state index >= 15 is 0 Å². The second-order valence-corrected chi connectivity index (χ2v) is 7.76. The number of carbonyl (C=O) groups excluding carboxylic acids is 1. The molecule has 1 heterocycles. The van der Waals surface area contributed by atoms with Crippen LogP contribution in [0.2, 0.25) is 10.0 Å². The quantitative estimate of drug-likeness (QED) is 0.396. The third-order valence-electron chi connectivity index (χ3n) is 4.61. The minimum Gasteiger partial charge on any atom is -0.476 e. The lowest BCUT2D eigenvalue weighted by Gasteiger charge is -2.13. The van der Waals surface area contributed by atoms with Crippen LogP contribution in [0.4, 0.5) is 5.69 Å². The Kier molecular flexibility index (Phi) is 5.98. The van der Waals surface area contributed by atoms with Crippen molar-refractivity contribution in [1.29, 1.82) is 0 Å². The number of carbonyl (C=O) groups is 1. The molecule has 3 aromatic carbocycles. The monoisotopic (exact) mass is 453 g/mol. The third kappa shape index (κ3) is 4.58. The van der Waals surface area contributed by atoms with Crippen molar-refractivity contribution < 1.29 is 13.9 Å². The van der Waals surface area contributed by atoms with Gasteiger partial charge in [0.1, 0.15) is 5.58 Å². The minimum absolute atomic E-state index is 0.109. The van der Waals surface area contributed by atoms with E-state index in [0.29, 0.717) is 26.9 Å². The predicted molar refractivity (Wildman–Crippen MR) is 123 cm³/mol. The Morgan fingerprint density at radius 2 is 1.77 bits per heavy atom. The summed E-state index contributed by atoms with van der Waals surface area (Å²) in [6.45, 7) is 1.57. The number of aryl methyl sites for hydroxylation is 1. The lowest BCUT2D eigenvalue weighted by Crippen LogP contribution is -2.22. The summed E-state index contributed by atoms with van der Waals surface area (Å²) in [6, 6.07) is 19.0. The number of halogens is 2. The molecule has 0 saturated heterocycles. The Labute approximate surface area is 188 Å². The summed E-state index contributed by atoms with van der Waals surface area (Å²) in [6.07, 6.45) is 0. The number of amides is 1. The second-order valence-electron chi connectivity index (χ2n) is 6.91. The SMILES string of the molecule is Cc1ccc(NC(=O)COc2c(-c3ccccc3Cl)oc3ccc(Cl)cc3c2=O)cc1. The van der Waals surface area contributed by atoms with Crippen molar-refractivity contribution in [3.05, 3.63) is 92.6 Å². The van der Waals surface area contributed by atoms with Gasteiger partial charge in [0, 0.05) is 16.3 Å². The smallest absolute Gasteiger partial charge is 0.262 e. The number of ether oxygens (including phenoxy) is 1. The predicted octanol–water partition coefficient (Wildman–Crippen LogP) is 6.09. The molecule has 156 valence electrons. The Bertz CT molecular complexity index is 1330. The number of fused-ring (bicyclic) bond motifs is 1. The fourth-order valence-corrected chi connectivity index (χ4v) is 3.47. The fourth-order valence-electron chi connectivity index (χ4n) is 3.08. The number of benzene rings is 3. The van der Waals surface area contributed by atoms with Gasteiger partial charge in [-0.25, -0.2) is 0 Å². The van der Waals surface area contributed by atoms with Gasteiger partial charge < -0.3 is 14.5 Å². The zero-order chi connectivity index (χ0) is 22.0. The molecule has 0 aliphatic carbocycles. The van der Waals surface area contributed by atoms with E-state index in [4.69, 9.17) is 32.4 Å². The maximum Gasteiger partial charge on any atom is 0.262 e. The van der Waals surface area contributed by atoms with Gasteiger partial charge in [0.25, 0.3) is 5.91 Å². The highest BCUT2D eigenvalue weighted by Crippen LogP contribution is 2.35. The summed E-state index contributed by atoms with van der Waals surface area (Å²) in [7, 11) is 0. The highest BCUT2D eigenvalue weighted by Gasteiger charge is 2.20. The number of hydrogen-bond acceptors (Lipinski definition) is 4. The molecule has 7 heteroatoms. The lowest BCUT2D eigenvalue weighted by atomic mass is 10.1. The van der Waals surface area contributed by atoms with Crippen LogP contribution in [0.3, 0.4) is 0 Å². The molecule has 0 fully saturated rings. The van der Waals surface area contributed by atoms with Crippen LogP contribution in [0.1, 0.15) is 5.56 Å². The van der Waals surface area contributed by atoms with Crippen molar-refractivity contribution in [3.8, 4) is 17.1 Å². The molecule has 0 atom stereocenters. The van der Waals surface area contributed by atoms with Gasteiger partial charge in [-0.3, -0.25) is 9.59 Å². The van der Waals surface area contributed by atoms with Gasteiger partial charge in [0.05, 0.1) is 10.4 Å². The zero-order valence-corrected chi connectivity index (χ0v) is 18.0. The normalized spacial score (nSPS) is 10.8. The molecule has 1 N–H and O–H groups in total. The molecule has 5 nitrogen and oxygen atoms in total. The Hall–Kier alpha value is -3.28. The molecule has 4 aromatic rings. The molecular formula is C24H17Cl2NO4. The van der Waals surface area contributed by atoms with Crippen molar-refractivity contribution in [2.24, 2.45) is 0 Å². The Morgan fingerprint density at radius 1 is 1.03 bits per heavy atom. The Balaban J connectivity index is 1.71. The van der Waals surface area contributed by atoms with Crippen LogP contribution in [0.5, 0.6) is 5.75 Å². The van der Waals surface area contributed by atoms with E-state index in [9.17, 15) is 9.59 Å². The van der Waals surface area contributed by atoms with Crippen LogP contribution in [0.25, 0.3) is 22.3 Å². The van der Waals surface area contributed by atoms with Gasteiger partial charge in [-0.1, -0.05) is 53.0 Å². The average molecular weight is 454 g/mol. The topological polar surface area (TPSA) is 68.5 Å².